The zero-order chi connectivity index (χ0) is 10.0. The molecule has 1 unspecified atom stereocenters. The molecule has 0 saturated carbocycles. The van der Waals surface area contributed by atoms with Crippen LogP contribution >= 0.6 is 11.8 Å². The fraction of sp³-hybridized carbons (Fsp3) is 0.455. The van der Waals surface area contributed by atoms with Crippen molar-refractivity contribution in [2.75, 3.05) is 6.26 Å². The van der Waals surface area contributed by atoms with Gasteiger partial charge in [0.15, 0.2) is 0 Å². The van der Waals surface area contributed by atoms with Crippen LogP contribution in [-0.4, -0.2) is 11.4 Å². The van der Waals surface area contributed by atoms with Crippen LogP contribution in [0.15, 0.2) is 17.0 Å². The van der Waals surface area contributed by atoms with Gasteiger partial charge < -0.3 is 5.11 Å². The SMILES string of the molecule is CSc1cc(C(C)O)c(C)cc1C. The Morgan fingerprint density at radius 2 is 1.85 bits per heavy atom. The molecule has 1 aromatic carbocycles. The Kier molecular flexibility index (Phi) is 3.40. The van der Waals surface area contributed by atoms with Gasteiger partial charge in [0, 0.05) is 4.90 Å². The summed E-state index contributed by atoms with van der Waals surface area (Å²) in [6, 6.07) is 4.22. The summed E-state index contributed by atoms with van der Waals surface area (Å²) in [5.74, 6) is 0. The van der Waals surface area contributed by atoms with Gasteiger partial charge in [-0.15, -0.1) is 11.8 Å². The summed E-state index contributed by atoms with van der Waals surface area (Å²) in [6.07, 6.45) is 1.69. The summed E-state index contributed by atoms with van der Waals surface area (Å²) >= 11 is 1.72. The van der Waals surface area contributed by atoms with Crippen molar-refractivity contribution in [3.8, 4) is 0 Å². The monoisotopic (exact) mass is 196 g/mol. The lowest BCUT2D eigenvalue weighted by Gasteiger charge is -2.12. The van der Waals surface area contributed by atoms with E-state index in [1.807, 2.05) is 13.8 Å². The van der Waals surface area contributed by atoms with Gasteiger partial charge >= 0.3 is 0 Å². The highest BCUT2D eigenvalue weighted by Crippen LogP contribution is 2.27. The molecule has 0 saturated heterocycles. The molecule has 1 rings (SSSR count). The maximum absolute atomic E-state index is 9.51. The molecule has 0 bridgehead atoms. The van der Waals surface area contributed by atoms with E-state index in [1.54, 1.807) is 11.8 Å². The van der Waals surface area contributed by atoms with E-state index in [0.717, 1.165) is 5.56 Å². The van der Waals surface area contributed by atoms with Crippen LogP contribution in [0.1, 0.15) is 29.7 Å². The van der Waals surface area contributed by atoms with Gasteiger partial charge in [-0.05, 0) is 49.8 Å². The van der Waals surface area contributed by atoms with E-state index >= 15 is 0 Å². The molecular weight excluding hydrogens is 180 g/mol. The second kappa shape index (κ2) is 4.16. The quantitative estimate of drug-likeness (QED) is 0.733. The number of aliphatic hydroxyl groups excluding tert-OH is 1. The minimum absolute atomic E-state index is 0.369. The molecule has 0 aliphatic rings. The Morgan fingerprint density at radius 3 is 2.31 bits per heavy atom. The largest absolute Gasteiger partial charge is 0.389 e. The third kappa shape index (κ3) is 2.26. The molecular formula is C11H16OS. The topological polar surface area (TPSA) is 20.2 Å². The van der Waals surface area contributed by atoms with Crippen molar-refractivity contribution in [3.63, 3.8) is 0 Å². The summed E-state index contributed by atoms with van der Waals surface area (Å²) < 4.78 is 0. The highest BCUT2D eigenvalue weighted by Gasteiger charge is 2.07. The molecule has 1 atom stereocenters. The molecule has 0 aliphatic carbocycles. The molecule has 0 amide bonds. The van der Waals surface area contributed by atoms with E-state index in [9.17, 15) is 5.11 Å². The lowest BCUT2D eigenvalue weighted by atomic mass is 10.0. The molecule has 0 aliphatic heterocycles. The molecule has 0 spiro atoms. The Hall–Kier alpha value is -0.470. The maximum Gasteiger partial charge on any atom is 0.0764 e. The maximum atomic E-state index is 9.51. The van der Waals surface area contributed by atoms with Crippen LogP contribution in [-0.2, 0) is 0 Å². The molecule has 13 heavy (non-hydrogen) atoms. The average molecular weight is 196 g/mol. The first-order chi connectivity index (χ1) is 6.06. The van der Waals surface area contributed by atoms with Crippen molar-refractivity contribution < 1.29 is 5.11 Å². The van der Waals surface area contributed by atoms with E-state index in [2.05, 4.69) is 25.3 Å². The smallest absolute Gasteiger partial charge is 0.0764 e. The fourth-order valence-electron chi connectivity index (χ4n) is 1.52. The van der Waals surface area contributed by atoms with E-state index in [-0.39, 0.29) is 6.10 Å². The van der Waals surface area contributed by atoms with Gasteiger partial charge in [-0.2, -0.15) is 0 Å². The lowest BCUT2D eigenvalue weighted by molar-refractivity contribution is 0.198. The van der Waals surface area contributed by atoms with Gasteiger partial charge in [0.05, 0.1) is 6.10 Å². The third-order valence-corrected chi connectivity index (χ3v) is 3.11. The Balaban J connectivity index is 3.22. The molecule has 1 nitrogen and oxygen atoms in total. The van der Waals surface area contributed by atoms with Crippen LogP contribution < -0.4 is 0 Å². The van der Waals surface area contributed by atoms with E-state index in [4.69, 9.17) is 0 Å². The first-order valence-corrected chi connectivity index (χ1v) is 5.62. The van der Waals surface area contributed by atoms with Gasteiger partial charge in [-0.25, -0.2) is 0 Å². The minimum atomic E-state index is -0.369. The minimum Gasteiger partial charge on any atom is -0.389 e. The number of rotatable bonds is 2. The number of aliphatic hydroxyl groups is 1. The summed E-state index contributed by atoms with van der Waals surface area (Å²) in [5, 5.41) is 9.51. The fourth-order valence-corrected chi connectivity index (χ4v) is 2.14. The predicted molar refractivity (Wildman–Crippen MR) is 58.3 cm³/mol. The van der Waals surface area contributed by atoms with Gasteiger partial charge in [0.1, 0.15) is 0 Å². The van der Waals surface area contributed by atoms with Crippen molar-refractivity contribution in [1.82, 2.24) is 0 Å². The number of hydrogen-bond donors (Lipinski definition) is 1. The van der Waals surface area contributed by atoms with E-state index < -0.39 is 0 Å². The molecule has 0 fully saturated rings. The number of thioether (sulfide) groups is 1. The zero-order valence-electron chi connectivity index (χ0n) is 8.59. The third-order valence-electron chi connectivity index (χ3n) is 2.23. The Bertz CT molecular complexity index is 305. The highest BCUT2D eigenvalue weighted by atomic mass is 32.2. The first-order valence-electron chi connectivity index (χ1n) is 4.39. The van der Waals surface area contributed by atoms with Crippen molar-refractivity contribution in [2.24, 2.45) is 0 Å². The van der Waals surface area contributed by atoms with E-state index in [1.165, 1.54) is 16.0 Å². The first kappa shape index (κ1) is 10.6. The second-order valence-electron chi connectivity index (χ2n) is 3.35. The molecule has 2 heteroatoms. The van der Waals surface area contributed by atoms with Crippen LogP contribution in [0, 0.1) is 13.8 Å². The predicted octanol–water partition coefficient (Wildman–Crippen LogP) is 3.08. The van der Waals surface area contributed by atoms with Gasteiger partial charge in [-0.3, -0.25) is 0 Å². The summed E-state index contributed by atoms with van der Waals surface area (Å²) in [7, 11) is 0. The van der Waals surface area contributed by atoms with Crippen LogP contribution in [0.3, 0.4) is 0 Å². The molecule has 0 heterocycles. The molecule has 72 valence electrons. The van der Waals surface area contributed by atoms with E-state index in [0.29, 0.717) is 0 Å². The van der Waals surface area contributed by atoms with Crippen LogP contribution in [0.5, 0.6) is 0 Å². The number of hydrogen-bond acceptors (Lipinski definition) is 2. The molecule has 0 radical (unpaired) electrons. The van der Waals surface area contributed by atoms with Crippen LogP contribution in [0.4, 0.5) is 0 Å². The molecule has 0 aromatic heterocycles. The standard InChI is InChI=1S/C11H16OS/c1-7-5-8(2)11(13-4)6-10(7)9(3)12/h5-6,9,12H,1-4H3. The molecule has 1 aromatic rings. The summed E-state index contributed by atoms with van der Waals surface area (Å²) in [4.78, 5) is 1.25. The van der Waals surface area contributed by atoms with Gasteiger partial charge in [-0.1, -0.05) is 6.07 Å². The second-order valence-corrected chi connectivity index (χ2v) is 4.20. The lowest BCUT2D eigenvalue weighted by Crippen LogP contribution is -1.96. The van der Waals surface area contributed by atoms with Crippen LogP contribution in [0.25, 0.3) is 0 Å². The normalized spacial score (nSPS) is 13.0. The highest BCUT2D eigenvalue weighted by molar-refractivity contribution is 7.98. The Labute approximate surface area is 84.2 Å². The van der Waals surface area contributed by atoms with Crippen LogP contribution in [0.2, 0.25) is 0 Å². The number of aryl methyl sites for hydroxylation is 2. The van der Waals surface area contributed by atoms with Gasteiger partial charge in [0.2, 0.25) is 0 Å². The van der Waals surface area contributed by atoms with Crippen molar-refractivity contribution in [1.29, 1.82) is 0 Å². The Morgan fingerprint density at radius 1 is 1.23 bits per heavy atom. The summed E-state index contributed by atoms with van der Waals surface area (Å²) in [6.45, 7) is 5.95. The van der Waals surface area contributed by atoms with Crippen molar-refractivity contribution in [2.45, 2.75) is 31.8 Å². The number of benzene rings is 1. The van der Waals surface area contributed by atoms with Crippen molar-refractivity contribution in [3.05, 3.63) is 28.8 Å². The average Bonchev–Trinajstić information content (AvgIpc) is 2.03. The molecule has 1 N–H and O–H groups in total. The summed E-state index contributed by atoms with van der Waals surface area (Å²) in [5.41, 5.74) is 3.50. The van der Waals surface area contributed by atoms with Crippen molar-refractivity contribution >= 4 is 11.8 Å². The zero-order valence-corrected chi connectivity index (χ0v) is 9.40. The van der Waals surface area contributed by atoms with Gasteiger partial charge in [0.25, 0.3) is 0 Å².